The summed E-state index contributed by atoms with van der Waals surface area (Å²) in [5, 5.41) is 2.97. The smallest absolute Gasteiger partial charge is 0.287 e. The molecule has 1 N–H and O–H groups in total. The number of fused-ring (bicyclic) bond motifs is 1. The van der Waals surface area contributed by atoms with Gasteiger partial charge in [0.1, 0.15) is 5.82 Å². The maximum atomic E-state index is 12.4. The molecule has 0 aliphatic rings. The van der Waals surface area contributed by atoms with Crippen LogP contribution in [-0.4, -0.2) is 15.5 Å². The second-order valence-electron chi connectivity index (χ2n) is 6.55. The fourth-order valence-electron chi connectivity index (χ4n) is 3.22. The minimum Gasteiger partial charge on any atom is -0.459 e. The number of allylic oxidation sites excluding steroid dienone is 1. The number of hydrogen-bond donors (Lipinski definition) is 1. The molecule has 4 rings (SSSR count). The number of imidazole rings is 1. The van der Waals surface area contributed by atoms with E-state index in [0.717, 1.165) is 22.4 Å². The molecule has 5 heteroatoms. The summed E-state index contributed by atoms with van der Waals surface area (Å²) in [5.74, 6) is 0.841. The molecule has 28 heavy (non-hydrogen) atoms. The van der Waals surface area contributed by atoms with Gasteiger partial charge in [0.2, 0.25) is 0 Å². The number of amides is 1. The van der Waals surface area contributed by atoms with Crippen molar-refractivity contribution >= 4 is 23.0 Å². The molecule has 2 heterocycles. The van der Waals surface area contributed by atoms with Crippen molar-refractivity contribution in [1.29, 1.82) is 0 Å². The lowest BCUT2D eigenvalue weighted by Gasteiger charge is -2.14. The van der Waals surface area contributed by atoms with Crippen molar-refractivity contribution in [2.24, 2.45) is 0 Å². The highest BCUT2D eigenvalue weighted by Crippen LogP contribution is 2.21. The number of furan rings is 1. The van der Waals surface area contributed by atoms with E-state index in [9.17, 15) is 4.79 Å². The van der Waals surface area contributed by atoms with Crippen molar-refractivity contribution in [3.8, 4) is 0 Å². The van der Waals surface area contributed by atoms with E-state index in [0.29, 0.717) is 12.3 Å². The number of benzene rings is 2. The number of hydrogen-bond acceptors (Lipinski definition) is 3. The van der Waals surface area contributed by atoms with E-state index in [2.05, 4.69) is 34.2 Å². The van der Waals surface area contributed by atoms with E-state index in [1.165, 1.54) is 6.26 Å². The predicted molar refractivity (Wildman–Crippen MR) is 110 cm³/mol. The number of aromatic nitrogens is 2. The second kappa shape index (κ2) is 7.96. The van der Waals surface area contributed by atoms with Gasteiger partial charge in [-0.1, -0.05) is 54.6 Å². The van der Waals surface area contributed by atoms with Gasteiger partial charge in [0, 0.05) is 6.54 Å². The van der Waals surface area contributed by atoms with E-state index in [1.807, 2.05) is 49.4 Å². The zero-order chi connectivity index (χ0) is 19.3. The summed E-state index contributed by atoms with van der Waals surface area (Å²) in [4.78, 5) is 17.1. The first-order valence-corrected chi connectivity index (χ1v) is 9.23. The quantitative estimate of drug-likeness (QED) is 0.528. The van der Waals surface area contributed by atoms with Crippen molar-refractivity contribution < 1.29 is 9.21 Å². The average Bonchev–Trinajstić information content (AvgIpc) is 3.37. The van der Waals surface area contributed by atoms with Crippen LogP contribution in [0.3, 0.4) is 0 Å². The minimum absolute atomic E-state index is 0.254. The van der Waals surface area contributed by atoms with Gasteiger partial charge in [0.05, 0.1) is 23.3 Å². The monoisotopic (exact) mass is 371 g/mol. The molecule has 1 unspecified atom stereocenters. The first-order valence-electron chi connectivity index (χ1n) is 9.23. The van der Waals surface area contributed by atoms with Gasteiger partial charge < -0.3 is 14.3 Å². The highest BCUT2D eigenvalue weighted by atomic mass is 16.3. The van der Waals surface area contributed by atoms with Gasteiger partial charge in [-0.15, -0.1) is 0 Å². The van der Waals surface area contributed by atoms with Crippen molar-refractivity contribution in [3.05, 3.63) is 96.2 Å². The lowest BCUT2D eigenvalue weighted by Crippen LogP contribution is -2.28. The standard InChI is InChI=1S/C23H21N3O2/c1-17(24-23(27)21-14-8-16-28-21)22-25-19-12-5-6-13-20(19)26(22)15-7-11-18-9-3-2-4-10-18/h2-14,16-17H,15H2,1H3,(H,24,27)/b11-7+. The van der Waals surface area contributed by atoms with Crippen LogP contribution in [0.5, 0.6) is 0 Å². The van der Waals surface area contributed by atoms with Crippen LogP contribution in [-0.2, 0) is 6.54 Å². The lowest BCUT2D eigenvalue weighted by molar-refractivity contribution is 0.0909. The van der Waals surface area contributed by atoms with Gasteiger partial charge in [-0.05, 0) is 36.8 Å². The van der Waals surface area contributed by atoms with Gasteiger partial charge in [0.15, 0.2) is 5.76 Å². The molecule has 2 aromatic carbocycles. The topological polar surface area (TPSA) is 60.1 Å². The molecule has 5 nitrogen and oxygen atoms in total. The molecule has 0 aliphatic carbocycles. The van der Waals surface area contributed by atoms with Gasteiger partial charge in [-0.25, -0.2) is 4.98 Å². The van der Waals surface area contributed by atoms with Crippen LogP contribution >= 0.6 is 0 Å². The molecule has 1 atom stereocenters. The Morgan fingerprint density at radius 2 is 1.89 bits per heavy atom. The number of rotatable bonds is 6. The Morgan fingerprint density at radius 1 is 1.11 bits per heavy atom. The van der Waals surface area contributed by atoms with Crippen LogP contribution < -0.4 is 5.32 Å². The average molecular weight is 371 g/mol. The zero-order valence-electron chi connectivity index (χ0n) is 15.6. The Morgan fingerprint density at radius 3 is 2.68 bits per heavy atom. The molecule has 0 saturated heterocycles. The maximum Gasteiger partial charge on any atom is 0.287 e. The number of para-hydroxylation sites is 2. The summed E-state index contributed by atoms with van der Waals surface area (Å²) in [7, 11) is 0. The second-order valence-corrected chi connectivity index (χ2v) is 6.55. The minimum atomic E-state index is -0.268. The van der Waals surface area contributed by atoms with E-state index < -0.39 is 0 Å². The molecule has 0 bridgehead atoms. The third kappa shape index (κ3) is 3.74. The van der Waals surface area contributed by atoms with Gasteiger partial charge in [0.25, 0.3) is 5.91 Å². The molecule has 1 amide bonds. The highest BCUT2D eigenvalue weighted by molar-refractivity contribution is 5.91. The van der Waals surface area contributed by atoms with Crippen LogP contribution in [0.15, 0.2) is 83.5 Å². The molecular weight excluding hydrogens is 350 g/mol. The molecule has 0 fully saturated rings. The molecule has 4 aromatic rings. The number of carbonyl (C=O) groups excluding carboxylic acids is 1. The summed E-state index contributed by atoms with van der Waals surface area (Å²) < 4.78 is 7.31. The largest absolute Gasteiger partial charge is 0.459 e. The molecule has 0 saturated carbocycles. The Kier molecular flexibility index (Phi) is 5.06. The molecule has 2 aromatic heterocycles. The SMILES string of the molecule is CC(NC(=O)c1ccco1)c1nc2ccccc2n1C/C=C/c1ccccc1. The summed E-state index contributed by atoms with van der Waals surface area (Å²) in [6.45, 7) is 2.59. The molecule has 0 radical (unpaired) electrons. The Hall–Kier alpha value is -3.60. The van der Waals surface area contributed by atoms with E-state index >= 15 is 0 Å². The maximum absolute atomic E-state index is 12.4. The first-order chi connectivity index (χ1) is 13.7. The van der Waals surface area contributed by atoms with Crippen molar-refractivity contribution in [3.63, 3.8) is 0 Å². The third-order valence-electron chi connectivity index (χ3n) is 4.56. The summed E-state index contributed by atoms with van der Waals surface area (Å²) >= 11 is 0. The summed E-state index contributed by atoms with van der Waals surface area (Å²) in [6, 6.07) is 21.2. The lowest BCUT2D eigenvalue weighted by atomic mass is 10.2. The molecule has 0 aliphatic heterocycles. The summed E-state index contributed by atoms with van der Waals surface area (Å²) in [6.07, 6.45) is 5.68. The molecule has 0 spiro atoms. The van der Waals surface area contributed by atoms with E-state index in [4.69, 9.17) is 9.40 Å². The van der Waals surface area contributed by atoms with Crippen molar-refractivity contribution in [2.45, 2.75) is 19.5 Å². The van der Waals surface area contributed by atoms with Crippen LogP contribution in [0.1, 0.15) is 34.9 Å². The van der Waals surface area contributed by atoms with E-state index in [-0.39, 0.29) is 11.9 Å². The van der Waals surface area contributed by atoms with Crippen LogP contribution in [0, 0.1) is 0 Å². The summed E-state index contributed by atoms with van der Waals surface area (Å²) in [5.41, 5.74) is 3.09. The molecule has 140 valence electrons. The third-order valence-corrected chi connectivity index (χ3v) is 4.56. The highest BCUT2D eigenvalue weighted by Gasteiger charge is 2.19. The van der Waals surface area contributed by atoms with Crippen LogP contribution in [0.4, 0.5) is 0 Å². The van der Waals surface area contributed by atoms with Crippen LogP contribution in [0.2, 0.25) is 0 Å². The van der Waals surface area contributed by atoms with Crippen molar-refractivity contribution in [1.82, 2.24) is 14.9 Å². The normalized spacial score (nSPS) is 12.5. The van der Waals surface area contributed by atoms with Crippen LogP contribution in [0.25, 0.3) is 17.1 Å². The predicted octanol–water partition coefficient (Wildman–Crippen LogP) is 4.83. The Labute approximate surface area is 163 Å². The van der Waals surface area contributed by atoms with Gasteiger partial charge in [-0.2, -0.15) is 0 Å². The zero-order valence-corrected chi connectivity index (χ0v) is 15.6. The fraction of sp³-hybridized carbons (Fsp3) is 0.130. The van der Waals surface area contributed by atoms with Crippen molar-refractivity contribution in [2.75, 3.05) is 0 Å². The van der Waals surface area contributed by atoms with Gasteiger partial charge >= 0.3 is 0 Å². The van der Waals surface area contributed by atoms with Gasteiger partial charge in [-0.3, -0.25) is 4.79 Å². The number of nitrogens with zero attached hydrogens (tertiary/aromatic N) is 2. The number of carbonyl (C=O) groups is 1. The van der Waals surface area contributed by atoms with E-state index in [1.54, 1.807) is 12.1 Å². The Balaban J connectivity index is 1.61. The first kappa shape index (κ1) is 17.8. The number of nitrogens with one attached hydrogen (secondary N) is 1. The Bertz CT molecular complexity index is 1100. The molecular formula is C23H21N3O2. The fourth-order valence-corrected chi connectivity index (χ4v) is 3.22.